The molecule has 0 spiro atoms. The molecule has 2 aromatic rings. The lowest BCUT2D eigenvalue weighted by atomic mass is 10.2. The highest BCUT2D eigenvalue weighted by molar-refractivity contribution is 9.10. The molecule has 108 valence electrons. The van der Waals surface area contributed by atoms with Crippen molar-refractivity contribution in [1.29, 1.82) is 5.26 Å². The number of nitrogens with two attached hydrogens (primary N) is 1. The van der Waals surface area contributed by atoms with Gasteiger partial charge >= 0.3 is 0 Å². The molecule has 0 radical (unpaired) electrons. The number of hydrogen-bond acceptors (Lipinski definition) is 4. The predicted octanol–water partition coefficient (Wildman–Crippen LogP) is 2.84. The fourth-order valence-electron chi connectivity index (χ4n) is 1.59. The first-order valence-corrected chi connectivity index (χ1v) is 7.88. The number of halogens is 2. The molecule has 5 nitrogen and oxygen atoms in total. The summed E-state index contributed by atoms with van der Waals surface area (Å²) in [5, 5.41) is 8.99. The van der Waals surface area contributed by atoms with Gasteiger partial charge in [-0.25, -0.2) is 12.8 Å². The number of sulfonamides is 1. The van der Waals surface area contributed by atoms with Crippen molar-refractivity contribution in [3.63, 3.8) is 0 Å². The van der Waals surface area contributed by atoms with Crippen molar-refractivity contribution in [1.82, 2.24) is 0 Å². The molecule has 0 atom stereocenters. The summed E-state index contributed by atoms with van der Waals surface area (Å²) in [6, 6.07) is 9.52. The first-order chi connectivity index (χ1) is 9.83. The Bertz CT molecular complexity index is 847. The van der Waals surface area contributed by atoms with E-state index in [1.165, 1.54) is 12.1 Å². The van der Waals surface area contributed by atoms with Gasteiger partial charge in [-0.2, -0.15) is 5.26 Å². The molecule has 0 unspecified atom stereocenters. The van der Waals surface area contributed by atoms with Crippen molar-refractivity contribution in [3.05, 3.63) is 52.3 Å². The van der Waals surface area contributed by atoms with Gasteiger partial charge in [0.05, 0.1) is 21.8 Å². The Kier molecular flexibility index (Phi) is 4.16. The normalized spacial score (nSPS) is 10.9. The number of nitrogen functional groups attached to an aromatic ring is 1. The highest BCUT2D eigenvalue weighted by Crippen LogP contribution is 2.25. The van der Waals surface area contributed by atoms with Crippen LogP contribution in [0.2, 0.25) is 0 Å². The lowest BCUT2D eigenvalue weighted by molar-refractivity contribution is 0.600. The SMILES string of the molecule is N#Cc1ccc(Br)cc1NS(=O)(=O)c1ccc(F)c(N)c1. The van der Waals surface area contributed by atoms with Crippen molar-refractivity contribution in [2.75, 3.05) is 10.5 Å². The molecule has 0 amide bonds. The highest BCUT2D eigenvalue weighted by atomic mass is 79.9. The minimum absolute atomic E-state index is 0.120. The lowest BCUT2D eigenvalue weighted by Gasteiger charge is -2.10. The second-order valence-electron chi connectivity index (χ2n) is 4.09. The zero-order valence-electron chi connectivity index (χ0n) is 10.5. The largest absolute Gasteiger partial charge is 0.396 e. The molecule has 0 aliphatic heterocycles. The average Bonchev–Trinajstić information content (AvgIpc) is 2.41. The van der Waals surface area contributed by atoms with Crippen LogP contribution >= 0.6 is 15.9 Å². The maximum Gasteiger partial charge on any atom is 0.262 e. The molecular weight excluding hydrogens is 361 g/mol. The smallest absolute Gasteiger partial charge is 0.262 e. The predicted molar refractivity (Wildman–Crippen MR) is 80.5 cm³/mol. The number of nitriles is 1. The summed E-state index contributed by atoms with van der Waals surface area (Å²) in [4.78, 5) is -0.190. The summed E-state index contributed by atoms with van der Waals surface area (Å²) in [5.74, 6) is -0.700. The summed E-state index contributed by atoms with van der Waals surface area (Å²) in [6.45, 7) is 0. The molecular formula is C13H9BrFN3O2S. The fourth-order valence-corrected chi connectivity index (χ4v) is 3.06. The van der Waals surface area contributed by atoms with Crippen molar-refractivity contribution in [2.24, 2.45) is 0 Å². The van der Waals surface area contributed by atoms with Crippen LogP contribution in [0.25, 0.3) is 0 Å². The maximum absolute atomic E-state index is 13.1. The van der Waals surface area contributed by atoms with Crippen LogP contribution in [-0.4, -0.2) is 8.42 Å². The van der Waals surface area contributed by atoms with Crippen LogP contribution in [-0.2, 0) is 10.0 Å². The molecule has 0 aromatic heterocycles. The van der Waals surface area contributed by atoms with Crippen molar-refractivity contribution in [3.8, 4) is 6.07 Å². The number of nitrogens with zero attached hydrogens (tertiary/aromatic N) is 1. The summed E-state index contributed by atoms with van der Waals surface area (Å²) >= 11 is 3.20. The Morgan fingerprint density at radius 2 is 1.95 bits per heavy atom. The van der Waals surface area contributed by atoms with E-state index in [0.717, 1.165) is 18.2 Å². The van der Waals surface area contributed by atoms with Crippen LogP contribution in [0, 0.1) is 17.1 Å². The third kappa shape index (κ3) is 3.32. The second-order valence-corrected chi connectivity index (χ2v) is 6.69. The van der Waals surface area contributed by atoms with Crippen LogP contribution in [0.1, 0.15) is 5.56 Å². The third-order valence-corrected chi connectivity index (χ3v) is 4.48. The fraction of sp³-hybridized carbons (Fsp3) is 0. The topological polar surface area (TPSA) is 96.0 Å². The molecule has 3 N–H and O–H groups in total. The van der Waals surface area contributed by atoms with Crippen LogP contribution in [0.4, 0.5) is 15.8 Å². The van der Waals surface area contributed by atoms with Gasteiger partial charge < -0.3 is 5.73 Å². The van der Waals surface area contributed by atoms with Gasteiger partial charge in [0.2, 0.25) is 0 Å². The summed E-state index contributed by atoms with van der Waals surface area (Å²) < 4.78 is 40.4. The van der Waals surface area contributed by atoms with E-state index >= 15 is 0 Å². The molecule has 0 fully saturated rings. The van der Waals surface area contributed by atoms with Crippen LogP contribution in [0.5, 0.6) is 0 Å². The zero-order valence-corrected chi connectivity index (χ0v) is 12.9. The Hall–Kier alpha value is -2.11. The lowest BCUT2D eigenvalue weighted by Crippen LogP contribution is -2.14. The number of benzene rings is 2. The zero-order chi connectivity index (χ0) is 15.6. The number of nitrogens with one attached hydrogen (secondary N) is 1. The van der Waals surface area contributed by atoms with E-state index < -0.39 is 15.8 Å². The number of anilines is 2. The standard InChI is InChI=1S/C13H9BrFN3O2S/c14-9-2-1-8(7-16)13(5-9)18-21(19,20)10-3-4-11(15)12(17)6-10/h1-6,18H,17H2. The molecule has 0 aliphatic rings. The molecule has 21 heavy (non-hydrogen) atoms. The average molecular weight is 370 g/mol. The first-order valence-electron chi connectivity index (χ1n) is 5.61. The highest BCUT2D eigenvalue weighted by Gasteiger charge is 2.17. The Morgan fingerprint density at radius 3 is 2.57 bits per heavy atom. The van der Waals surface area contributed by atoms with Gasteiger partial charge in [0.25, 0.3) is 10.0 Å². The number of hydrogen-bond donors (Lipinski definition) is 2. The molecule has 0 aliphatic carbocycles. The minimum atomic E-state index is -3.97. The summed E-state index contributed by atoms with van der Waals surface area (Å²) in [7, 11) is -3.97. The van der Waals surface area contributed by atoms with Gasteiger partial charge in [-0.15, -0.1) is 0 Å². The van der Waals surface area contributed by atoms with E-state index in [-0.39, 0.29) is 21.8 Å². The van der Waals surface area contributed by atoms with Crippen molar-refractivity contribution >= 4 is 37.3 Å². The molecule has 2 aromatic carbocycles. The molecule has 8 heteroatoms. The van der Waals surface area contributed by atoms with Crippen LogP contribution in [0.15, 0.2) is 45.8 Å². The van der Waals surface area contributed by atoms with Crippen molar-refractivity contribution in [2.45, 2.75) is 4.90 Å². The summed E-state index contributed by atoms with van der Waals surface area (Å²) in [6.07, 6.45) is 0. The molecule has 2 rings (SSSR count). The van der Waals surface area contributed by atoms with E-state index in [2.05, 4.69) is 20.7 Å². The molecule has 0 heterocycles. The van der Waals surface area contributed by atoms with E-state index in [0.29, 0.717) is 4.47 Å². The quantitative estimate of drug-likeness (QED) is 0.812. The van der Waals surface area contributed by atoms with E-state index in [1.807, 2.05) is 6.07 Å². The van der Waals surface area contributed by atoms with Gasteiger partial charge in [0, 0.05) is 4.47 Å². The van der Waals surface area contributed by atoms with Gasteiger partial charge in [0.1, 0.15) is 11.9 Å². The molecule has 0 bridgehead atoms. The van der Waals surface area contributed by atoms with Gasteiger partial charge in [-0.05, 0) is 36.4 Å². The third-order valence-electron chi connectivity index (χ3n) is 2.62. The second kappa shape index (κ2) is 5.71. The van der Waals surface area contributed by atoms with Gasteiger partial charge in [0.15, 0.2) is 0 Å². The summed E-state index contributed by atoms with van der Waals surface area (Å²) in [5.41, 5.74) is 5.38. The van der Waals surface area contributed by atoms with Crippen LogP contribution < -0.4 is 10.5 Å². The Morgan fingerprint density at radius 1 is 1.24 bits per heavy atom. The van der Waals surface area contributed by atoms with Gasteiger partial charge in [-0.1, -0.05) is 15.9 Å². The monoisotopic (exact) mass is 369 g/mol. The molecule has 0 saturated carbocycles. The minimum Gasteiger partial charge on any atom is -0.396 e. The van der Waals surface area contributed by atoms with E-state index in [9.17, 15) is 12.8 Å². The Balaban J connectivity index is 2.45. The van der Waals surface area contributed by atoms with E-state index in [4.69, 9.17) is 11.0 Å². The van der Waals surface area contributed by atoms with Crippen LogP contribution in [0.3, 0.4) is 0 Å². The number of rotatable bonds is 3. The van der Waals surface area contributed by atoms with Gasteiger partial charge in [-0.3, -0.25) is 4.72 Å². The maximum atomic E-state index is 13.1. The van der Waals surface area contributed by atoms with E-state index in [1.54, 1.807) is 6.07 Å². The molecule has 0 saturated heterocycles. The Labute approximate surface area is 129 Å². The first kappa shape index (κ1) is 15.3. The van der Waals surface area contributed by atoms with Crippen molar-refractivity contribution < 1.29 is 12.8 Å².